The van der Waals surface area contributed by atoms with E-state index in [0.29, 0.717) is 17.7 Å². The van der Waals surface area contributed by atoms with Crippen LogP contribution in [0.25, 0.3) is 0 Å². The Hall–Kier alpha value is -3.17. The van der Waals surface area contributed by atoms with Crippen molar-refractivity contribution in [3.63, 3.8) is 0 Å². The number of carbonyl (C=O) groups excluding carboxylic acids is 2. The molecule has 1 saturated heterocycles. The number of anilines is 1. The Morgan fingerprint density at radius 3 is 2.70 bits per heavy atom. The van der Waals surface area contributed by atoms with Gasteiger partial charge in [0.1, 0.15) is 6.61 Å². The van der Waals surface area contributed by atoms with Gasteiger partial charge in [-0.05, 0) is 55.3 Å². The molecule has 2 aromatic rings. The number of nitrogens with one attached hydrogen (secondary N) is 1. The third-order valence-corrected chi connectivity index (χ3v) is 4.39. The lowest BCUT2D eigenvalue weighted by molar-refractivity contribution is -0.129. The molecular formula is C21H21N3O3. The highest BCUT2D eigenvalue weighted by Crippen LogP contribution is 2.22. The molecule has 138 valence electrons. The van der Waals surface area contributed by atoms with Gasteiger partial charge in [0.2, 0.25) is 0 Å². The minimum Gasteiger partial charge on any atom is -0.365 e. The first kappa shape index (κ1) is 18.6. The second-order valence-corrected chi connectivity index (χ2v) is 6.69. The van der Waals surface area contributed by atoms with Crippen LogP contribution in [0, 0.1) is 25.2 Å². The van der Waals surface area contributed by atoms with E-state index in [1.165, 1.54) is 0 Å². The molecule has 2 amide bonds. The quantitative estimate of drug-likeness (QED) is 0.904. The van der Waals surface area contributed by atoms with Crippen LogP contribution in [0.1, 0.15) is 27.0 Å². The van der Waals surface area contributed by atoms with Gasteiger partial charge in [-0.25, -0.2) is 0 Å². The molecule has 0 saturated carbocycles. The lowest BCUT2D eigenvalue weighted by Gasteiger charge is -2.33. The van der Waals surface area contributed by atoms with Crippen molar-refractivity contribution < 1.29 is 14.3 Å². The van der Waals surface area contributed by atoms with Crippen molar-refractivity contribution in [2.24, 2.45) is 0 Å². The molecular weight excluding hydrogens is 342 g/mol. The van der Waals surface area contributed by atoms with Gasteiger partial charge >= 0.3 is 0 Å². The molecule has 1 aliphatic rings. The zero-order valence-corrected chi connectivity index (χ0v) is 15.4. The van der Waals surface area contributed by atoms with E-state index in [9.17, 15) is 9.59 Å². The Morgan fingerprint density at radius 1 is 1.26 bits per heavy atom. The Balaban J connectivity index is 1.65. The predicted molar refractivity (Wildman–Crippen MR) is 101 cm³/mol. The molecule has 0 radical (unpaired) electrons. The zero-order chi connectivity index (χ0) is 19.4. The number of rotatable bonds is 4. The van der Waals surface area contributed by atoms with E-state index >= 15 is 0 Å². The molecule has 6 heteroatoms. The van der Waals surface area contributed by atoms with E-state index < -0.39 is 0 Å². The molecule has 1 unspecified atom stereocenters. The summed E-state index contributed by atoms with van der Waals surface area (Å²) in [6.07, 6.45) is -0.299. The summed E-state index contributed by atoms with van der Waals surface area (Å²) in [7, 11) is 0. The SMILES string of the molecule is Cc1cc(C)cc(N2CC(CNC(=O)c3cccc(C#N)c3)OCC2=O)c1. The molecule has 27 heavy (non-hydrogen) atoms. The summed E-state index contributed by atoms with van der Waals surface area (Å²) < 4.78 is 5.58. The first-order chi connectivity index (χ1) is 13.0. The highest BCUT2D eigenvalue weighted by atomic mass is 16.5. The molecule has 1 fully saturated rings. The maximum absolute atomic E-state index is 12.3. The molecule has 0 bridgehead atoms. The molecule has 2 aromatic carbocycles. The minimum absolute atomic E-state index is 0.0164. The summed E-state index contributed by atoms with van der Waals surface area (Å²) in [5.41, 5.74) is 3.88. The number of carbonyl (C=O) groups is 2. The van der Waals surface area contributed by atoms with Crippen LogP contribution >= 0.6 is 0 Å². The van der Waals surface area contributed by atoms with Gasteiger partial charge in [0, 0.05) is 17.8 Å². The molecule has 6 nitrogen and oxygen atoms in total. The van der Waals surface area contributed by atoms with E-state index in [1.54, 1.807) is 29.2 Å². The number of nitrogens with zero attached hydrogens (tertiary/aromatic N) is 2. The van der Waals surface area contributed by atoms with Gasteiger partial charge in [-0.15, -0.1) is 0 Å². The minimum atomic E-state index is -0.299. The molecule has 3 rings (SSSR count). The van der Waals surface area contributed by atoms with Crippen LogP contribution in [0.2, 0.25) is 0 Å². The fourth-order valence-electron chi connectivity index (χ4n) is 3.14. The van der Waals surface area contributed by atoms with Crippen LogP contribution in [-0.4, -0.2) is 37.6 Å². The zero-order valence-electron chi connectivity index (χ0n) is 15.4. The molecule has 1 aliphatic heterocycles. The van der Waals surface area contributed by atoms with Crippen molar-refractivity contribution in [2.75, 3.05) is 24.6 Å². The third kappa shape index (κ3) is 4.52. The van der Waals surface area contributed by atoms with Gasteiger partial charge in [-0.2, -0.15) is 5.26 Å². The number of nitriles is 1. The summed E-state index contributed by atoms with van der Waals surface area (Å²) in [4.78, 5) is 26.3. The van der Waals surface area contributed by atoms with Crippen LogP contribution in [0.5, 0.6) is 0 Å². The molecule has 1 atom stereocenters. The lowest BCUT2D eigenvalue weighted by atomic mass is 10.1. The molecule has 1 N–H and O–H groups in total. The molecule has 0 aromatic heterocycles. The number of hydrogen-bond acceptors (Lipinski definition) is 4. The normalized spacial score (nSPS) is 16.7. The topological polar surface area (TPSA) is 82.4 Å². The van der Waals surface area contributed by atoms with E-state index in [1.807, 2.05) is 32.0 Å². The second-order valence-electron chi connectivity index (χ2n) is 6.69. The number of aryl methyl sites for hydroxylation is 2. The molecule has 0 spiro atoms. The van der Waals surface area contributed by atoms with E-state index in [-0.39, 0.29) is 31.1 Å². The van der Waals surface area contributed by atoms with E-state index in [0.717, 1.165) is 16.8 Å². The first-order valence-corrected chi connectivity index (χ1v) is 8.75. The van der Waals surface area contributed by atoms with Crippen molar-refractivity contribution in [3.8, 4) is 6.07 Å². The highest BCUT2D eigenvalue weighted by Gasteiger charge is 2.28. The van der Waals surface area contributed by atoms with Gasteiger partial charge in [0.05, 0.1) is 24.3 Å². The molecule has 1 heterocycles. The summed E-state index contributed by atoms with van der Waals surface area (Å²) in [5, 5.41) is 11.8. The Bertz CT molecular complexity index is 897. The predicted octanol–water partition coefficient (Wildman–Crippen LogP) is 2.34. The maximum atomic E-state index is 12.3. The standard InChI is InChI=1S/C21H21N3O3/c1-14-6-15(2)8-18(7-14)24-12-19(27-13-20(24)25)11-23-21(26)17-5-3-4-16(9-17)10-22/h3-9,19H,11-13H2,1-2H3,(H,23,26). The summed E-state index contributed by atoms with van der Waals surface area (Å²) >= 11 is 0. The van der Waals surface area contributed by atoms with Crippen molar-refractivity contribution >= 4 is 17.5 Å². The highest BCUT2D eigenvalue weighted by molar-refractivity contribution is 5.96. The average molecular weight is 363 g/mol. The largest absolute Gasteiger partial charge is 0.365 e. The summed E-state index contributed by atoms with van der Waals surface area (Å²) in [5.74, 6) is -0.366. The molecule has 0 aliphatic carbocycles. The van der Waals surface area contributed by atoms with Gasteiger partial charge < -0.3 is 15.0 Å². The van der Waals surface area contributed by atoms with Crippen molar-refractivity contribution in [2.45, 2.75) is 20.0 Å². The number of hydrogen-bond donors (Lipinski definition) is 1. The van der Waals surface area contributed by atoms with Crippen molar-refractivity contribution in [1.82, 2.24) is 5.32 Å². The first-order valence-electron chi connectivity index (χ1n) is 8.75. The van der Waals surface area contributed by atoms with Crippen LogP contribution in [-0.2, 0) is 9.53 Å². The van der Waals surface area contributed by atoms with Crippen LogP contribution in [0.3, 0.4) is 0 Å². The second kappa shape index (κ2) is 8.02. The monoisotopic (exact) mass is 363 g/mol. The van der Waals surface area contributed by atoms with Crippen LogP contribution in [0.15, 0.2) is 42.5 Å². The van der Waals surface area contributed by atoms with Crippen LogP contribution < -0.4 is 10.2 Å². The Labute approximate surface area is 158 Å². The number of ether oxygens (including phenoxy) is 1. The van der Waals surface area contributed by atoms with E-state index in [2.05, 4.69) is 11.4 Å². The van der Waals surface area contributed by atoms with E-state index in [4.69, 9.17) is 10.00 Å². The van der Waals surface area contributed by atoms with Gasteiger partial charge in [-0.1, -0.05) is 12.1 Å². The summed E-state index contributed by atoms with van der Waals surface area (Å²) in [6.45, 7) is 4.63. The van der Waals surface area contributed by atoms with Crippen molar-refractivity contribution in [1.29, 1.82) is 5.26 Å². The average Bonchev–Trinajstić information content (AvgIpc) is 2.66. The summed E-state index contributed by atoms with van der Waals surface area (Å²) in [6, 6.07) is 14.5. The smallest absolute Gasteiger partial charge is 0.253 e. The van der Waals surface area contributed by atoms with Gasteiger partial charge in [0.15, 0.2) is 0 Å². The maximum Gasteiger partial charge on any atom is 0.253 e. The van der Waals surface area contributed by atoms with Gasteiger partial charge in [-0.3, -0.25) is 9.59 Å². The van der Waals surface area contributed by atoms with Gasteiger partial charge in [0.25, 0.3) is 11.8 Å². The van der Waals surface area contributed by atoms with Crippen LogP contribution in [0.4, 0.5) is 5.69 Å². The number of amides is 2. The lowest BCUT2D eigenvalue weighted by Crippen LogP contribution is -2.50. The third-order valence-electron chi connectivity index (χ3n) is 4.39. The fourth-order valence-corrected chi connectivity index (χ4v) is 3.14. The Morgan fingerprint density at radius 2 is 2.00 bits per heavy atom. The van der Waals surface area contributed by atoms with Crippen molar-refractivity contribution in [3.05, 3.63) is 64.7 Å². The Kier molecular flexibility index (Phi) is 5.53. The number of morpholine rings is 1. The number of benzene rings is 2. The fraction of sp³-hybridized carbons (Fsp3) is 0.286.